The van der Waals surface area contributed by atoms with Gasteiger partial charge in [-0.25, -0.2) is 9.38 Å². The van der Waals surface area contributed by atoms with Gasteiger partial charge < -0.3 is 9.47 Å². The molecule has 4 aromatic rings. The molecular weight excluding hydrogens is 404 g/mol. The number of hydrogen-bond acceptors (Lipinski definition) is 5. The van der Waals surface area contributed by atoms with Crippen LogP contribution in [0.3, 0.4) is 0 Å². The molecule has 2 aromatic carbocycles. The zero-order valence-electron chi connectivity index (χ0n) is 13.4. The molecule has 0 aliphatic rings. The van der Waals surface area contributed by atoms with E-state index in [2.05, 4.69) is 20.9 Å². The zero-order valence-corrected chi connectivity index (χ0v) is 15.8. The zero-order chi connectivity index (χ0) is 17.6. The highest BCUT2D eigenvalue weighted by atomic mass is 79.9. The molecule has 0 unspecified atom stereocenters. The summed E-state index contributed by atoms with van der Waals surface area (Å²) in [6.45, 7) is 0. The van der Waals surface area contributed by atoms with E-state index in [1.165, 1.54) is 11.3 Å². The lowest BCUT2D eigenvalue weighted by molar-refractivity contribution is 0.354. The van der Waals surface area contributed by atoms with Crippen molar-refractivity contribution in [2.45, 2.75) is 0 Å². The smallest absolute Gasteiger partial charge is 0.274 e. The fourth-order valence-corrected chi connectivity index (χ4v) is 4.15. The number of nitrogens with zero attached hydrogens (tertiary/aromatic N) is 2. The van der Waals surface area contributed by atoms with E-state index in [1.807, 2.05) is 42.5 Å². The third-order valence-corrected chi connectivity index (χ3v) is 5.59. The van der Waals surface area contributed by atoms with E-state index in [4.69, 9.17) is 9.47 Å². The van der Waals surface area contributed by atoms with Crippen molar-refractivity contribution in [3.8, 4) is 11.5 Å². The SMILES string of the molecule is COc1cc(Br)c(/C=c2/sc3nc4ccccc4n3c2=O)cc1OC. The van der Waals surface area contributed by atoms with Crippen molar-refractivity contribution in [3.63, 3.8) is 0 Å². The van der Waals surface area contributed by atoms with Crippen molar-refractivity contribution in [1.82, 2.24) is 9.38 Å². The summed E-state index contributed by atoms with van der Waals surface area (Å²) in [5.41, 5.74) is 2.41. The van der Waals surface area contributed by atoms with Gasteiger partial charge >= 0.3 is 0 Å². The van der Waals surface area contributed by atoms with E-state index in [1.54, 1.807) is 18.6 Å². The number of aromatic nitrogens is 2. The lowest BCUT2D eigenvalue weighted by Gasteiger charge is -2.09. The van der Waals surface area contributed by atoms with Crippen LogP contribution in [0.25, 0.3) is 22.1 Å². The minimum Gasteiger partial charge on any atom is -0.493 e. The molecular formula is C18H13BrN2O3S. The number of hydrogen-bond donors (Lipinski definition) is 0. The number of thiazole rings is 1. The summed E-state index contributed by atoms with van der Waals surface area (Å²) >= 11 is 4.89. The van der Waals surface area contributed by atoms with Crippen LogP contribution in [0.4, 0.5) is 0 Å². The van der Waals surface area contributed by atoms with E-state index in [0.717, 1.165) is 21.1 Å². The van der Waals surface area contributed by atoms with E-state index in [9.17, 15) is 4.79 Å². The van der Waals surface area contributed by atoms with E-state index in [0.29, 0.717) is 21.0 Å². The van der Waals surface area contributed by atoms with Crippen molar-refractivity contribution in [3.05, 3.63) is 61.3 Å². The first-order chi connectivity index (χ1) is 12.1. The molecule has 0 amide bonds. The van der Waals surface area contributed by atoms with Crippen molar-refractivity contribution < 1.29 is 9.47 Å². The third kappa shape index (κ3) is 2.60. The normalized spacial score (nSPS) is 12.2. The summed E-state index contributed by atoms with van der Waals surface area (Å²) in [6, 6.07) is 11.3. The molecule has 25 heavy (non-hydrogen) atoms. The largest absolute Gasteiger partial charge is 0.493 e. The maximum atomic E-state index is 12.8. The minimum absolute atomic E-state index is 0.0737. The second kappa shape index (κ2) is 6.16. The quantitative estimate of drug-likeness (QED) is 0.514. The molecule has 0 spiro atoms. The van der Waals surface area contributed by atoms with Gasteiger partial charge in [0, 0.05) is 4.47 Å². The lowest BCUT2D eigenvalue weighted by atomic mass is 10.2. The van der Waals surface area contributed by atoms with Crippen LogP contribution in [0.5, 0.6) is 11.5 Å². The monoisotopic (exact) mass is 416 g/mol. The van der Waals surface area contributed by atoms with Gasteiger partial charge in [-0.15, -0.1) is 0 Å². The summed E-state index contributed by atoms with van der Waals surface area (Å²) in [5, 5.41) is 0. The molecule has 0 aliphatic heterocycles. The topological polar surface area (TPSA) is 52.8 Å². The maximum Gasteiger partial charge on any atom is 0.274 e. The second-order valence-electron chi connectivity index (χ2n) is 5.36. The molecule has 0 atom stereocenters. The number of imidazole rings is 1. The van der Waals surface area contributed by atoms with Crippen LogP contribution in [0, 0.1) is 0 Å². The Morgan fingerprint density at radius 1 is 1.16 bits per heavy atom. The van der Waals surface area contributed by atoms with Crippen LogP contribution >= 0.6 is 27.3 Å². The highest BCUT2D eigenvalue weighted by Gasteiger charge is 2.12. The predicted octanol–water partition coefficient (Wildman–Crippen LogP) is 3.24. The number of fused-ring (bicyclic) bond motifs is 3. The van der Waals surface area contributed by atoms with Gasteiger partial charge in [0.1, 0.15) is 0 Å². The van der Waals surface area contributed by atoms with Gasteiger partial charge in [0.05, 0.1) is 29.8 Å². The van der Waals surface area contributed by atoms with Crippen molar-refractivity contribution in [1.29, 1.82) is 0 Å². The Morgan fingerprint density at radius 3 is 2.64 bits per heavy atom. The van der Waals surface area contributed by atoms with Crippen LogP contribution in [0.1, 0.15) is 5.56 Å². The molecule has 0 N–H and O–H groups in total. The minimum atomic E-state index is -0.0737. The van der Waals surface area contributed by atoms with Crippen LogP contribution in [-0.2, 0) is 0 Å². The lowest BCUT2D eigenvalue weighted by Crippen LogP contribution is -2.22. The second-order valence-corrected chi connectivity index (χ2v) is 7.23. The molecule has 2 aromatic heterocycles. The summed E-state index contributed by atoms with van der Waals surface area (Å²) in [4.78, 5) is 18.0. The first-order valence-electron chi connectivity index (χ1n) is 7.45. The summed E-state index contributed by atoms with van der Waals surface area (Å²) in [6.07, 6.45) is 1.84. The molecule has 5 nitrogen and oxygen atoms in total. The Hall–Kier alpha value is -2.38. The molecule has 0 bridgehead atoms. The molecule has 7 heteroatoms. The molecule has 4 rings (SSSR count). The molecule has 0 fully saturated rings. The van der Waals surface area contributed by atoms with E-state index in [-0.39, 0.29) is 5.56 Å². The van der Waals surface area contributed by atoms with Gasteiger partial charge in [-0.3, -0.25) is 4.79 Å². The highest BCUT2D eigenvalue weighted by Crippen LogP contribution is 2.33. The van der Waals surface area contributed by atoms with Crippen LogP contribution in [-0.4, -0.2) is 23.6 Å². The molecule has 0 radical (unpaired) electrons. The Labute approximate surface area is 155 Å². The Bertz CT molecular complexity index is 1210. The summed E-state index contributed by atoms with van der Waals surface area (Å²) in [5.74, 6) is 1.23. The van der Waals surface area contributed by atoms with Crippen molar-refractivity contribution in [2.75, 3.05) is 14.2 Å². The Morgan fingerprint density at radius 2 is 1.88 bits per heavy atom. The van der Waals surface area contributed by atoms with Gasteiger partial charge in [0.25, 0.3) is 5.56 Å². The fourth-order valence-electron chi connectivity index (χ4n) is 2.73. The van der Waals surface area contributed by atoms with Crippen molar-refractivity contribution >= 4 is 49.3 Å². The van der Waals surface area contributed by atoms with E-state index < -0.39 is 0 Å². The van der Waals surface area contributed by atoms with Gasteiger partial charge in [0.15, 0.2) is 16.5 Å². The van der Waals surface area contributed by atoms with Gasteiger partial charge in [-0.1, -0.05) is 39.4 Å². The first-order valence-corrected chi connectivity index (χ1v) is 9.06. The summed E-state index contributed by atoms with van der Waals surface area (Å²) < 4.78 is 13.7. The van der Waals surface area contributed by atoms with Gasteiger partial charge in [0.2, 0.25) is 0 Å². The number of methoxy groups -OCH3 is 2. The predicted molar refractivity (Wildman–Crippen MR) is 103 cm³/mol. The van der Waals surface area contributed by atoms with Crippen molar-refractivity contribution in [2.24, 2.45) is 0 Å². The van der Waals surface area contributed by atoms with Crippen LogP contribution in [0.2, 0.25) is 0 Å². The third-order valence-electron chi connectivity index (χ3n) is 3.93. The molecule has 0 saturated heterocycles. The van der Waals surface area contributed by atoms with Crippen LogP contribution < -0.4 is 19.6 Å². The van der Waals surface area contributed by atoms with Gasteiger partial charge in [-0.2, -0.15) is 0 Å². The first kappa shape index (κ1) is 16.1. The average molecular weight is 417 g/mol. The van der Waals surface area contributed by atoms with Gasteiger partial charge in [-0.05, 0) is 35.9 Å². The van der Waals surface area contributed by atoms with Crippen LogP contribution in [0.15, 0.2) is 45.7 Å². The number of halogens is 1. The number of ether oxygens (including phenoxy) is 2. The molecule has 2 heterocycles. The summed E-state index contributed by atoms with van der Waals surface area (Å²) in [7, 11) is 3.17. The Balaban J connectivity index is 1.96. The maximum absolute atomic E-state index is 12.8. The highest BCUT2D eigenvalue weighted by molar-refractivity contribution is 9.10. The Kier molecular flexibility index (Phi) is 3.97. The number of para-hydroxylation sites is 2. The molecule has 126 valence electrons. The fraction of sp³-hybridized carbons (Fsp3) is 0.111. The molecule has 0 aliphatic carbocycles. The van der Waals surface area contributed by atoms with E-state index >= 15 is 0 Å². The number of benzene rings is 2. The average Bonchev–Trinajstić information content (AvgIpc) is 3.13. The number of rotatable bonds is 3. The molecule has 0 saturated carbocycles. The standard InChI is InChI=1S/C18H13BrN2O3S/c1-23-14-7-10(11(19)9-15(14)24-2)8-16-17(22)21-13-6-4-3-5-12(13)20-18(21)25-16/h3-9H,1-2H3/b16-8+.